The van der Waals surface area contributed by atoms with Gasteiger partial charge in [0.2, 0.25) is 5.91 Å². The molecule has 0 heterocycles. The molecule has 5 nitrogen and oxygen atoms in total. The molecule has 1 aromatic rings. The van der Waals surface area contributed by atoms with Crippen molar-refractivity contribution in [3.05, 3.63) is 28.8 Å². The van der Waals surface area contributed by atoms with E-state index in [-0.39, 0.29) is 12.2 Å². The molecule has 0 aliphatic rings. The number of hydrogen-bond acceptors (Lipinski definition) is 3. The van der Waals surface area contributed by atoms with Crippen molar-refractivity contribution in [2.24, 2.45) is 0 Å². The number of carbonyl (C=O) groups is 2. The quantitative estimate of drug-likeness (QED) is 0.873. The molecule has 1 rings (SSSR count). The van der Waals surface area contributed by atoms with Gasteiger partial charge in [-0.2, -0.15) is 13.2 Å². The summed E-state index contributed by atoms with van der Waals surface area (Å²) in [6.07, 6.45) is -5.35. The lowest BCUT2D eigenvalue weighted by molar-refractivity contribution is -0.137. The summed E-state index contributed by atoms with van der Waals surface area (Å²) in [4.78, 5) is 24.6. The Labute approximate surface area is 142 Å². The average Bonchev–Trinajstić information content (AvgIpc) is 2.37. The molecule has 2 amide bonds. The van der Waals surface area contributed by atoms with E-state index in [0.717, 1.165) is 17.0 Å². The lowest BCUT2D eigenvalue weighted by Gasteiger charge is -2.24. The van der Waals surface area contributed by atoms with E-state index in [1.807, 2.05) is 0 Å². The van der Waals surface area contributed by atoms with Crippen LogP contribution in [0.1, 0.15) is 26.3 Å². The van der Waals surface area contributed by atoms with E-state index in [9.17, 15) is 22.8 Å². The minimum absolute atomic E-state index is 0.0747. The summed E-state index contributed by atoms with van der Waals surface area (Å²) in [5.41, 5.74) is -1.85. The average molecular weight is 367 g/mol. The van der Waals surface area contributed by atoms with Crippen molar-refractivity contribution in [2.75, 3.05) is 18.9 Å². The van der Waals surface area contributed by atoms with Crippen LogP contribution in [0.3, 0.4) is 0 Å². The number of benzene rings is 1. The van der Waals surface area contributed by atoms with Crippen molar-refractivity contribution in [3.8, 4) is 0 Å². The van der Waals surface area contributed by atoms with E-state index in [1.165, 1.54) is 13.1 Å². The predicted octanol–water partition coefficient (Wildman–Crippen LogP) is 4.16. The molecule has 0 aromatic heterocycles. The van der Waals surface area contributed by atoms with E-state index in [1.54, 1.807) is 20.8 Å². The number of nitrogens with one attached hydrogen (secondary N) is 1. The summed E-state index contributed by atoms with van der Waals surface area (Å²) in [5, 5.41) is 1.82. The summed E-state index contributed by atoms with van der Waals surface area (Å²) in [5.74, 6) is -0.668. The Hall–Kier alpha value is -1.96. The highest BCUT2D eigenvalue weighted by Gasteiger charge is 2.33. The standard InChI is InChI=1S/C15H18ClF3N2O3/c1-14(2,3)24-13(23)21(4)8-12(22)20-9-5-6-11(16)10(7-9)15(17,18)19/h5-7H,8H2,1-4H3,(H,20,22). The fourth-order valence-electron chi connectivity index (χ4n) is 1.64. The second kappa shape index (κ2) is 7.29. The molecular weight excluding hydrogens is 349 g/mol. The monoisotopic (exact) mass is 366 g/mol. The number of anilines is 1. The number of amides is 2. The third-order valence-electron chi connectivity index (χ3n) is 2.64. The first-order valence-electron chi connectivity index (χ1n) is 6.90. The summed E-state index contributed by atoms with van der Waals surface area (Å²) < 4.78 is 43.4. The van der Waals surface area contributed by atoms with Gasteiger partial charge in [0.15, 0.2) is 0 Å². The van der Waals surface area contributed by atoms with Crippen LogP contribution in [-0.4, -0.2) is 36.1 Å². The number of likely N-dealkylation sites (N-methyl/N-ethyl adjacent to an activating group) is 1. The minimum atomic E-state index is -4.63. The van der Waals surface area contributed by atoms with Crippen LogP contribution < -0.4 is 5.32 Å². The van der Waals surface area contributed by atoms with Crippen LogP contribution in [0, 0.1) is 0 Å². The second-order valence-corrected chi connectivity index (χ2v) is 6.48. The SMILES string of the molecule is CN(CC(=O)Nc1ccc(Cl)c(C(F)(F)F)c1)C(=O)OC(C)(C)C. The van der Waals surface area contributed by atoms with Crippen LogP contribution in [0.5, 0.6) is 0 Å². The van der Waals surface area contributed by atoms with Gasteiger partial charge in [0.25, 0.3) is 0 Å². The molecule has 0 saturated carbocycles. The molecule has 0 radical (unpaired) electrons. The van der Waals surface area contributed by atoms with Crippen molar-refractivity contribution in [1.82, 2.24) is 4.90 Å². The first kappa shape index (κ1) is 20.1. The third kappa shape index (κ3) is 6.27. The Morgan fingerprint density at radius 2 is 1.83 bits per heavy atom. The lowest BCUT2D eigenvalue weighted by atomic mass is 10.2. The number of nitrogens with zero attached hydrogens (tertiary/aromatic N) is 1. The fraction of sp³-hybridized carbons (Fsp3) is 0.467. The molecule has 1 aromatic carbocycles. The van der Waals surface area contributed by atoms with E-state index >= 15 is 0 Å². The normalized spacial score (nSPS) is 11.8. The summed E-state index contributed by atoms with van der Waals surface area (Å²) in [7, 11) is 1.34. The van der Waals surface area contributed by atoms with Crippen LogP contribution in [-0.2, 0) is 15.7 Å². The molecule has 0 saturated heterocycles. The second-order valence-electron chi connectivity index (χ2n) is 6.08. The van der Waals surface area contributed by atoms with E-state index in [2.05, 4.69) is 5.32 Å². The van der Waals surface area contributed by atoms with Crippen molar-refractivity contribution in [3.63, 3.8) is 0 Å². The summed E-state index contributed by atoms with van der Waals surface area (Å²) >= 11 is 5.50. The van der Waals surface area contributed by atoms with Crippen LogP contribution in [0.25, 0.3) is 0 Å². The number of halogens is 4. The molecule has 0 atom stereocenters. The zero-order chi connectivity index (χ0) is 18.7. The molecule has 9 heteroatoms. The highest BCUT2D eigenvalue weighted by atomic mass is 35.5. The van der Waals surface area contributed by atoms with Crippen LogP contribution >= 0.6 is 11.6 Å². The Bertz CT molecular complexity index is 627. The predicted molar refractivity (Wildman–Crippen MR) is 83.9 cm³/mol. The third-order valence-corrected chi connectivity index (χ3v) is 2.97. The Kier molecular flexibility index (Phi) is 6.10. The first-order valence-corrected chi connectivity index (χ1v) is 7.28. The maximum Gasteiger partial charge on any atom is 0.417 e. The maximum atomic E-state index is 12.8. The number of alkyl halides is 3. The lowest BCUT2D eigenvalue weighted by Crippen LogP contribution is -2.38. The Balaban J connectivity index is 2.74. The fourth-order valence-corrected chi connectivity index (χ4v) is 1.87. The zero-order valence-electron chi connectivity index (χ0n) is 13.6. The first-order chi connectivity index (χ1) is 10.8. The summed E-state index contributed by atoms with van der Waals surface area (Å²) in [6.45, 7) is 4.64. The molecule has 0 unspecified atom stereocenters. The number of hydrogen-bond donors (Lipinski definition) is 1. The van der Waals surface area contributed by atoms with Gasteiger partial charge in [-0.3, -0.25) is 4.79 Å². The molecule has 134 valence electrons. The van der Waals surface area contributed by atoms with Crippen LogP contribution in [0.15, 0.2) is 18.2 Å². The topological polar surface area (TPSA) is 58.6 Å². The smallest absolute Gasteiger partial charge is 0.417 e. The highest BCUT2D eigenvalue weighted by Crippen LogP contribution is 2.36. The molecular formula is C15H18ClF3N2O3. The van der Waals surface area contributed by atoms with Gasteiger partial charge in [0, 0.05) is 12.7 Å². The molecule has 0 fully saturated rings. The van der Waals surface area contributed by atoms with Gasteiger partial charge in [0.05, 0.1) is 10.6 Å². The van der Waals surface area contributed by atoms with Crippen molar-refractivity contribution < 1.29 is 27.5 Å². The van der Waals surface area contributed by atoms with Gasteiger partial charge < -0.3 is 15.0 Å². The van der Waals surface area contributed by atoms with Gasteiger partial charge in [-0.15, -0.1) is 0 Å². The molecule has 24 heavy (non-hydrogen) atoms. The Morgan fingerprint density at radius 1 is 1.25 bits per heavy atom. The van der Waals surface area contributed by atoms with Gasteiger partial charge in [-0.25, -0.2) is 4.79 Å². The van der Waals surface area contributed by atoms with Crippen LogP contribution in [0.2, 0.25) is 5.02 Å². The largest absolute Gasteiger partial charge is 0.444 e. The van der Waals surface area contributed by atoms with E-state index in [0.29, 0.717) is 0 Å². The zero-order valence-corrected chi connectivity index (χ0v) is 14.4. The summed E-state index contributed by atoms with van der Waals surface area (Å²) in [6, 6.07) is 3.01. The number of rotatable bonds is 3. The van der Waals surface area contributed by atoms with Gasteiger partial charge in [0.1, 0.15) is 12.1 Å². The minimum Gasteiger partial charge on any atom is -0.444 e. The van der Waals surface area contributed by atoms with Gasteiger partial charge in [-0.05, 0) is 39.0 Å². The Morgan fingerprint density at radius 3 is 2.33 bits per heavy atom. The van der Waals surface area contributed by atoms with E-state index in [4.69, 9.17) is 16.3 Å². The van der Waals surface area contributed by atoms with Crippen molar-refractivity contribution in [1.29, 1.82) is 0 Å². The number of ether oxygens (including phenoxy) is 1. The molecule has 0 spiro atoms. The van der Waals surface area contributed by atoms with E-state index < -0.39 is 34.4 Å². The molecule has 0 aliphatic carbocycles. The van der Waals surface area contributed by atoms with Gasteiger partial charge in [-0.1, -0.05) is 11.6 Å². The van der Waals surface area contributed by atoms with Crippen LogP contribution in [0.4, 0.5) is 23.7 Å². The molecule has 0 bridgehead atoms. The van der Waals surface area contributed by atoms with Crippen molar-refractivity contribution >= 4 is 29.3 Å². The van der Waals surface area contributed by atoms with Crippen molar-refractivity contribution in [2.45, 2.75) is 32.5 Å². The molecule has 1 N–H and O–H groups in total. The number of carbonyl (C=O) groups excluding carboxylic acids is 2. The maximum absolute atomic E-state index is 12.8. The van der Waals surface area contributed by atoms with Gasteiger partial charge >= 0.3 is 12.3 Å². The highest BCUT2D eigenvalue weighted by molar-refractivity contribution is 6.31. The molecule has 0 aliphatic heterocycles.